The minimum absolute atomic E-state index is 0.0663. The van der Waals surface area contributed by atoms with E-state index in [1.165, 1.54) is 23.3 Å². The number of aromatic nitrogens is 6. The summed E-state index contributed by atoms with van der Waals surface area (Å²) in [4.78, 5) is 8.96. The van der Waals surface area contributed by atoms with E-state index in [9.17, 15) is 0 Å². The summed E-state index contributed by atoms with van der Waals surface area (Å²) < 4.78 is 7.28. The Labute approximate surface area is 149 Å². The van der Waals surface area contributed by atoms with Gasteiger partial charge in [0, 0.05) is 18.2 Å². The lowest BCUT2D eigenvalue weighted by molar-refractivity contribution is 0.551. The summed E-state index contributed by atoms with van der Waals surface area (Å²) in [5.41, 5.74) is 0.717. The first-order valence-corrected chi connectivity index (χ1v) is 9.05. The van der Waals surface area contributed by atoms with Gasteiger partial charge < -0.3 is 0 Å². The highest BCUT2D eigenvalue weighted by Gasteiger charge is 2.21. The fourth-order valence-corrected chi connectivity index (χ4v) is 3.71. The molecule has 6 nitrogen and oxygen atoms in total. The van der Waals surface area contributed by atoms with Gasteiger partial charge in [-0.15, -0.1) is 16.8 Å². The number of nitrogens with zero attached hydrogens (tertiary/aromatic N) is 6. The molecule has 0 spiro atoms. The number of hydrogen-bond acceptors (Lipinski definition) is 7. The van der Waals surface area contributed by atoms with Crippen LogP contribution in [0.1, 0.15) is 26.6 Å². The lowest BCUT2D eigenvalue weighted by Gasteiger charge is -2.12. The lowest BCUT2D eigenvalue weighted by Crippen LogP contribution is -2.12. The Kier molecular flexibility index (Phi) is 4.77. The molecule has 0 N–H and O–H groups in total. The maximum absolute atomic E-state index is 4.61. The number of pyridine rings is 1. The third-order valence-corrected chi connectivity index (χ3v) is 4.92. The Morgan fingerprint density at radius 1 is 1.29 bits per heavy atom. The van der Waals surface area contributed by atoms with Gasteiger partial charge in [-0.1, -0.05) is 32.9 Å². The average molecular weight is 358 g/mol. The van der Waals surface area contributed by atoms with Crippen molar-refractivity contribution in [1.82, 2.24) is 29.1 Å². The van der Waals surface area contributed by atoms with Gasteiger partial charge in [-0.05, 0) is 35.4 Å². The second-order valence-electron chi connectivity index (χ2n) is 6.16. The van der Waals surface area contributed by atoms with Crippen LogP contribution in [0.15, 0.2) is 46.5 Å². The van der Waals surface area contributed by atoms with Gasteiger partial charge in [-0.3, -0.25) is 9.55 Å². The molecule has 0 unspecified atom stereocenters. The Morgan fingerprint density at radius 2 is 2.12 bits per heavy atom. The van der Waals surface area contributed by atoms with Gasteiger partial charge in [-0.25, -0.2) is 4.98 Å². The maximum Gasteiger partial charge on any atom is 0.198 e. The van der Waals surface area contributed by atoms with Crippen molar-refractivity contribution in [2.75, 3.05) is 0 Å². The van der Waals surface area contributed by atoms with E-state index in [2.05, 4.69) is 51.9 Å². The second kappa shape index (κ2) is 6.82. The van der Waals surface area contributed by atoms with Crippen LogP contribution in [0.3, 0.4) is 0 Å². The van der Waals surface area contributed by atoms with Gasteiger partial charge in [0.2, 0.25) is 0 Å². The molecule has 0 saturated heterocycles. The standard InChI is InChI=1S/C16H18N6S2/c1-5-10-22-12(11-8-6-7-9-17-11)19-20-14(22)23-15-18-13(21-24-15)16(2,3)4/h5-9H,1,10H2,2-4H3. The summed E-state index contributed by atoms with van der Waals surface area (Å²) >= 11 is 2.85. The van der Waals surface area contributed by atoms with E-state index >= 15 is 0 Å². The fraction of sp³-hybridized carbons (Fsp3) is 0.312. The van der Waals surface area contributed by atoms with Gasteiger partial charge in [0.15, 0.2) is 15.3 Å². The third kappa shape index (κ3) is 3.54. The normalized spacial score (nSPS) is 11.6. The van der Waals surface area contributed by atoms with E-state index in [0.717, 1.165) is 26.8 Å². The SMILES string of the molecule is C=CCn1c(Sc2nc(C(C)(C)C)ns2)nnc1-c1ccccn1. The Bertz CT molecular complexity index is 832. The van der Waals surface area contributed by atoms with Crippen molar-refractivity contribution in [3.63, 3.8) is 0 Å². The molecule has 0 aliphatic rings. The largest absolute Gasteiger partial charge is 0.297 e. The van der Waals surface area contributed by atoms with Crippen LogP contribution in [0.2, 0.25) is 0 Å². The summed E-state index contributed by atoms with van der Waals surface area (Å²) in [6.45, 7) is 10.7. The van der Waals surface area contributed by atoms with Crippen LogP contribution >= 0.6 is 23.3 Å². The summed E-state index contributed by atoms with van der Waals surface area (Å²) in [6, 6.07) is 5.73. The van der Waals surface area contributed by atoms with Crippen LogP contribution in [0.4, 0.5) is 0 Å². The van der Waals surface area contributed by atoms with E-state index in [1.54, 1.807) is 6.20 Å². The average Bonchev–Trinajstić information content (AvgIpc) is 3.17. The van der Waals surface area contributed by atoms with Crippen LogP contribution in [0.5, 0.6) is 0 Å². The van der Waals surface area contributed by atoms with Crippen LogP contribution < -0.4 is 0 Å². The van der Waals surface area contributed by atoms with Crippen molar-refractivity contribution < 1.29 is 0 Å². The molecule has 3 rings (SSSR count). The highest BCUT2D eigenvalue weighted by atomic mass is 32.2. The van der Waals surface area contributed by atoms with Crippen LogP contribution in [-0.2, 0) is 12.0 Å². The maximum atomic E-state index is 4.61. The zero-order valence-electron chi connectivity index (χ0n) is 13.8. The second-order valence-corrected chi connectivity index (χ2v) is 8.12. The van der Waals surface area contributed by atoms with Crippen molar-refractivity contribution in [3.05, 3.63) is 42.9 Å². The highest BCUT2D eigenvalue weighted by molar-refractivity contribution is 8.00. The number of rotatable bonds is 5. The molecule has 8 heteroatoms. The lowest BCUT2D eigenvalue weighted by atomic mass is 9.96. The minimum atomic E-state index is -0.0663. The first-order valence-electron chi connectivity index (χ1n) is 7.46. The summed E-state index contributed by atoms with van der Waals surface area (Å²) in [6.07, 6.45) is 3.57. The van der Waals surface area contributed by atoms with Crippen LogP contribution in [0, 0.1) is 0 Å². The molecule has 0 aromatic carbocycles. The molecular weight excluding hydrogens is 340 g/mol. The van der Waals surface area contributed by atoms with E-state index in [-0.39, 0.29) is 5.41 Å². The summed E-state index contributed by atoms with van der Waals surface area (Å²) in [5, 5.41) is 9.36. The van der Waals surface area contributed by atoms with Crippen LogP contribution in [0.25, 0.3) is 11.5 Å². The van der Waals surface area contributed by atoms with Gasteiger partial charge in [-0.2, -0.15) is 4.37 Å². The Hall–Kier alpha value is -2.06. The molecule has 0 amide bonds. The van der Waals surface area contributed by atoms with Gasteiger partial charge in [0.05, 0.1) is 0 Å². The molecule has 3 heterocycles. The fourth-order valence-electron chi connectivity index (χ4n) is 1.98. The Balaban J connectivity index is 1.92. The van der Waals surface area contributed by atoms with Crippen molar-refractivity contribution in [2.24, 2.45) is 0 Å². The molecular formula is C16H18N6S2. The number of hydrogen-bond donors (Lipinski definition) is 0. The van der Waals surface area contributed by atoms with E-state index in [4.69, 9.17) is 0 Å². The molecule has 0 bridgehead atoms. The smallest absolute Gasteiger partial charge is 0.198 e. The third-order valence-electron chi connectivity index (χ3n) is 3.18. The van der Waals surface area contributed by atoms with Crippen LogP contribution in [-0.4, -0.2) is 29.1 Å². The van der Waals surface area contributed by atoms with Gasteiger partial charge >= 0.3 is 0 Å². The molecule has 3 aromatic rings. The summed E-state index contributed by atoms with van der Waals surface area (Å²) in [5.74, 6) is 1.56. The molecule has 3 aromatic heterocycles. The monoisotopic (exact) mass is 358 g/mol. The number of allylic oxidation sites excluding steroid dienone is 1. The summed E-state index contributed by atoms with van der Waals surface area (Å²) in [7, 11) is 0. The molecule has 124 valence electrons. The van der Waals surface area contributed by atoms with E-state index in [0.29, 0.717) is 6.54 Å². The van der Waals surface area contributed by atoms with Gasteiger partial charge in [0.25, 0.3) is 0 Å². The molecule has 24 heavy (non-hydrogen) atoms. The van der Waals surface area contributed by atoms with E-state index < -0.39 is 0 Å². The zero-order valence-corrected chi connectivity index (χ0v) is 15.4. The van der Waals surface area contributed by atoms with Crippen molar-refractivity contribution in [1.29, 1.82) is 0 Å². The van der Waals surface area contributed by atoms with Gasteiger partial charge in [0.1, 0.15) is 11.5 Å². The highest BCUT2D eigenvalue weighted by Crippen LogP contribution is 2.32. The van der Waals surface area contributed by atoms with E-state index in [1.807, 2.05) is 28.8 Å². The van der Waals surface area contributed by atoms with Crippen molar-refractivity contribution in [3.8, 4) is 11.5 Å². The Morgan fingerprint density at radius 3 is 2.75 bits per heavy atom. The topological polar surface area (TPSA) is 69.4 Å². The minimum Gasteiger partial charge on any atom is -0.297 e. The molecule has 0 aliphatic heterocycles. The first-order chi connectivity index (χ1) is 11.5. The quantitative estimate of drug-likeness (QED) is 0.646. The van der Waals surface area contributed by atoms with Crippen molar-refractivity contribution >= 4 is 23.3 Å². The first kappa shape index (κ1) is 16.8. The van der Waals surface area contributed by atoms with Crippen molar-refractivity contribution in [2.45, 2.75) is 42.2 Å². The predicted octanol–water partition coefficient (Wildman–Crippen LogP) is 3.83. The molecule has 0 saturated carbocycles. The molecule has 0 fully saturated rings. The molecule has 0 atom stereocenters. The molecule has 0 aliphatic carbocycles. The molecule has 0 radical (unpaired) electrons. The predicted molar refractivity (Wildman–Crippen MR) is 96.2 cm³/mol. The zero-order chi connectivity index (χ0) is 17.2.